The molecule has 0 spiro atoms. The van der Waals surface area contributed by atoms with Crippen LogP contribution >= 0.6 is 34.0 Å². The minimum Gasteiger partial charge on any atom is -0.459 e. The lowest BCUT2D eigenvalue weighted by Crippen LogP contribution is -2.23. The Labute approximate surface area is 189 Å². The highest BCUT2D eigenvalue weighted by molar-refractivity contribution is 7.20. The molecule has 3 aromatic heterocycles. The first-order valence-electron chi connectivity index (χ1n) is 9.15. The molecule has 158 valence electrons. The molecule has 4 aromatic rings. The molecule has 0 bridgehead atoms. The molecule has 0 aliphatic rings. The molecule has 31 heavy (non-hydrogen) atoms. The fourth-order valence-corrected chi connectivity index (χ4v) is 5.26. The number of thiophene rings is 1. The van der Waals surface area contributed by atoms with Crippen LogP contribution in [0.2, 0.25) is 0 Å². The Kier molecular flexibility index (Phi) is 6.50. The summed E-state index contributed by atoms with van der Waals surface area (Å²) in [4.78, 5) is 35.4. The number of nitrogens with zero attached hydrogens (tertiary/aromatic N) is 3. The van der Waals surface area contributed by atoms with Crippen LogP contribution in [-0.2, 0) is 27.4 Å². The fourth-order valence-electron chi connectivity index (χ4n) is 2.76. The number of anilines is 2. The predicted molar refractivity (Wildman–Crippen MR) is 120 cm³/mol. The molecule has 0 saturated heterocycles. The number of rotatable bonds is 7. The highest BCUT2D eigenvalue weighted by Gasteiger charge is 2.21. The average molecular weight is 474 g/mol. The Morgan fingerprint density at radius 2 is 1.84 bits per heavy atom. The second kappa shape index (κ2) is 9.46. The van der Waals surface area contributed by atoms with E-state index in [9.17, 15) is 14.0 Å². The van der Waals surface area contributed by atoms with E-state index in [4.69, 9.17) is 4.74 Å². The Morgan fingerprint density at radius 3 is 2.58 bits per heavy atom. The zero-order valence-corrected chi connectivity index (χ0v) is 18.7. The smallest absolute Gasteiger partial charge is 0.312 e. The van der Waals surface area contributed by atoms with Crippen molar-refractivity contribution in [3.05, 3.63) is 69.7 Å². The Hall–Kier alpha value is -2.95. The van der Waals surface area contributed by atoms with Gasteiger partial charge in [-0.05, 0) is 23.6 Å². The van der Waals surface area contributed by atoms with Crippen molar-refractivity contribution < 1.29 is 18.7 Å². The third-order valence-corrected chi connectivity index (χ3v) is 6.93. The van der Waals surface area contributed by atoms with Crippen LogP contribution in [0.4, 0.5) is 15.2 Å². The molecule has 10 heteroatoms. The number of carbonyl (C=O) groups is 2. The number of esters is 1. The van der Waals surface area contributed by atoms with Crippen LogP contribution in [0.5, 0.6) is 0 Å². The van der Waals surface area contributed by atoms with Crippen LogP contribution in [0.25, 0.3) is 9.88 Å². The van der Waals surface area contributed by atoms with Gasteiger partial charge in [0, 0.05) is 17.7 Å². The maximum absolute atomic E-state index is 14.2. The van der Waals surface area contributed by atoms with Crippen molar-refractivity contribution in [2.24, 2.45) is 0 Å². The third-order valence-electron chi connectivity index (χ3n) is 4.13. The first-order valence-corrected chi connectivity index (χ1v) is 11.8. The van der Waals surface area contributed by atoms with Crippen molar-refractivity contribution in [2.75, 3.05) is 4.90 Å². The normalized spacial score (nSPS) is 10.8. The van der Waals surface area contributed by atoms with Crippen LogP contribution < -0.4 is 4.90 Å². The van der Waals surface area contributed by atoms with E-state index in [1.165, 1.54) is 46.6 Å². The van der Waals surface area contributed by atoms with Gasteiger partial charge >= 0.3 is 5.97 Å². The van der Waals surface area contributed by atoms with E-state index in [1.54, 1.807) is 28.8 Å². The molecule has 0 unspecified atom stereocenters. The van der Waals surface area contributed by atoms with Gasteiger partial charge in [-0.2, -0.15) is 0 Å². The number of amides is 1. The minimum absolute atomic E-state index is 0.0414. The number of benzene rings is 1. The zero-order chi connectivity index (χ0) is 21.8. The summed E-state index contributed by atoms with van der Waals surface area (Å²) in [5, 5.41) is 6.68. The van der Waals surface area contributed by atoms with Crippen LogP contribution in [0.15, 0.2) is 52.5 Å². The number of thiazole rings is 2. The SMILES string of the molecule is CC(=O)N(c1nc(COC(=O)Cc2csc(-c3cccs3)n2)cs1)c1ccccc1F. The number of ether oxygens (including phenoxy) is 1. The van der Waals surface area contributed by atoms with Gasteiger partial charge in [-0.15, -0.1) is 34.0 Å². The summed E-state index contributed by atoms with van der Waals surface area (Å²) in [6, 6.07) is 9.93. The maximum atomic E-state index is 14.2. The number of hydrogen-bond acceptors (Lipinski definition) is 8. The summed E-state index contributed by atoms with van der Waals surface area (Å²) in [7, 11) is 0. The molecular weight excluding hydrogens is 457 g/mol. The lowest BCUT2D eigenvalue weighted by Gasteiger charge is -2.18. The Balaban J connectivity index is 1.38. The van der Waals surface area contributed by atoms with Crippen molar-refractivity contribution in [1.82, 2.24) is 9.97 Å². The van der Waals surface area contributed by atoms with Gasteiger partial charge in [0.1, 0.15) is 17.4 Å². The molecule has 0 radical (unpaired) electrons. The largest absolute Gasteiger partial charge is 0.459 e. The lowest BCUT2D eigenvalue weighted by atomic mass is 10.3. The van der Waals surface area contributed by atoms with Gasteiger partial charge in [0.05, 0.1) is 28.4 Å². The van der Waals surface area contributed by atoms with E-state index in [1.807, 2.05) is 22.9 Å². The molecule has 6 nitrogen and oxygen atoms in total. The standard InChI is InChI=1S/C21H16FN3O3S3/c1-13(26)25(17-6-3-2-5-16(17)22)21-24-15(12-31-21)10-28-19(27)9-14-11-30-20(23-14)18-7-4-8-29-18/h2-8,11-12H,9-10H2,1H3. The topological polar surface area (TPSA) is 72.4 Å². The van der Waals surface area contributed by atoms with Gasteiger partial charge < -0.3 is 4.74 Å². The minimum atomic E-state index is -0.522. The molecule has 3 heterocycles. The molecule has 4 rings (SSSR count). The quantitative estimate of drug-likeness (QED) is 0.334. The van der Waals surface area contributed by atoms with E-state index < -0.39 is 11.8 Å². The van der Waals surface area contributed by atoms with Crippen LogP contribution in [0.1, 0.15) is 18.3 Å². The number of carbonyl (C=O) groups excluding carboxylic acids is 2. The number of para-hydroxylation sites is 1. The van der Waals surface area contributed by atoms with Gasteiger partial charge in [-0.25, -0.2) is 14.4 Å². The summed E-state index contributed by atoms with van der Waals surface area (Å²) in [6.45, 7) is 1.30. The molecule has 1 aromatic carbocycles. The third kappa shape index (κ3) is 5.04. The van der Waals surface area contributed by atoms with Crippen molar-refractivity contribution in [3.63, 3.8) is 0 Å². The van der Waals surface area contributed by atoms with Gasteiger partial charge in [0.15, 0.2) is 5.13 Å². The van der Waals surface area contributed by atoms with Crippen molar-refractivity contribution in [2.45, 2.75) is 20.0 Å². The molecule has 0 aliphatic heterocycles. The van der Waals surface area contributed by atoms with Crippen LogP contribution in [0.3, 0.4) is 0 Å². The van der Waals surface area contributed by atoms with E-state index in [2.05, 4.69) is 9.97 Å². The summed E-state index contributed by atoms with van der Waals surface area (Å²) < 4.78 is 19.5. The fraction of sp³-hybridized carbons (Fsp3) is 0.143. The van der Waals surface area contributed by atoms with Crippen LogP contribution in [-0.4, -0.2) is 21.8 Å². The monoisotopic (exact) mass is 473 g/mol. The molecule has 1 amide bonds. The molecule has 0 fully saturated rings. The predicted octanol–water partition coefficient (Wildman–Crippen LogP) is 5.44. The summed E-state index contributed by atoms with van der Waals surface area (Å²) in [6.07, 6.45) is 0.0632. The Bertz CT molecular complexity index is 1200. The molecule has 0 saturated carbocycles. The molecular formula is C21H16FN3O3S3. The summed E-state index contributed by atoms with van der Waals surface area (Å²) in [5.41, 5.74) is 1.26. The maximum Gasteiger partial charge on any atom is 0.312 e. The first-order chi connectivity index (χ1) is 15.0. The number of hydrogen-bond donors (Lipinski definition) is 0. The molecule has 0 N–H and O–H groups in total. The molecule has 0 aliphatic carbocycles. The second-order valence-corrected chi connectivity index (χ2v) is 9.03. The van der Waals surface area contributed by atoms with E-state index in [0.29, 0.717) is 16.5 Å². The van der Waals surface area contributed by atoms with Crippen LogP contribution in [0, 0.1) is 5.82 Å². The van der Waals surface area contributed by atoms with Crippen molar-refractivity contribution in [1.29, 1.82) is 0 Å². The van der Waals surface area contributed by atoms with E-state index in [-0.39, 0.29) is 24.6 Å². The van der Waals surface area contributed by atoms with E-state index >= 15 is 0 Å². The Morgan fingerprint density at radius 1 is 1.03 bits per heavy atom. The average Bonchev–Trinajstić information content (AvgIpc) is 3.50. The van der Waals surface area contributed by atoms with E-state index in [0.717, 1.165) is 9.88 Å². The first kappa shape index (κ1) is 21.3. The molecule has 0 atom stereocenters. The van der Waals surface area contributed by atoms with Crippen molar-refractivity contribution >= 4 is 56.7 Å². The second-order valence-electron chi connectivity index (χ2n) is 6.39. The summed E-state index contributed by atoms with van der Waals surface area (Å²) in [5.74, 6) is -1.31. The van der Waals surface area contributed by atoms with Gasteiger partial charge in [-0.3, -0.25) is 14.5 Å². The van der Waals surface area contributed by atoms with Gasteiger partial charge in [0.25, 0.3) is 0 Å². The number of aromatic nitrogens is 2. The zero-order valence-electron chi connectivity index (χ0n) is 16.3. The van der Waals surface area contributed by atoms with Crippen molar-refractivity contribution in [3.8, 4) is 9.88 Å². The summed E-state index contributed by atoms with van der Waals surface area (Å²) >= 11 is 4.25. The highest BCUT2D eigenvalue weighted by Crippen LogP contribution is 2.31. The van der Waals surface area contributed by atoms with Gasteiger partial charge in [0.2, 0.25) is 5.91 Å². The number of halogens is 1. The van der Waals surface area contributed by atoms with Gasteiger partial charge in [-0.1, -0.05) is 18.2 Å². The lowest BCUT2D eigenvalue weighted by molar-refractivity contribution is -0.144. The highest BCUT2D eigenvalue weighted by atomic mass is 32.1.